The third-order valence-corrected chi connectivity index (χ3v) is 3.57. The van der Waals surface area contributed by atoms with Crippen molar-refractivity contribution in [2.24, 2.45) is 0 Å². The second-order valence-corrected chi connectivity index (χ2v) is 5.51. The van der Waals surface area contributed by atoms with Gasteiger partial charge in [0.25, 0.3) is 0 Å². The van der Waals surface area contributed by atoms with Crippen molar-refractivity contribution in [3.8, 4) is 0 Å². The quantitative estimate of drug-likeness (QED) is 0.839. The van der Waals surface area contributed by atoms with Crippen molar-refractivity contribution >= 4 is 5.95 Å². The van der Waals surface area contributed by atoms with Crippen molar-refractivity contribution in [1.29, 1.82) is 0 Å². The molecule has 0 saturated carbocycles. The van der Waals surface area contributed by atoms with Crippen molar-refractivity contribution in [1.82, 2.24) is 25.0 Å². The fourth-order valence-electron chi connectivity index (χ4n) is 2.32. The third kappa shape index (κ3) is 3.36. The standard InChI is InChI=1S/C14H20N6O/c1-11(2)13-17-12(21-18-13)10-19-6-8-20(9-7-19)14-15-4-3-5-16-14/h3-5,11H,6-10H2,1-2H3. The Morgan fingerprint density at radius 2 is 1.86 bits per heavy atom. The summed E-state index contributed by atoms with van der Waals surface area (Å²) in [6.45, 7) is 8.55. The van der Waals surface area contributed by atoms with Crippen LogP contribution in [0.2, 0.25) is 0 Å². The maximum absolute atomic E-state index is 5.30. The molecule has 0 radical (unpaired) electrons. The van der Waals surface area contributed by atoms with E-state index in [1.807, 2.05) is 6.07 Å². The zero-order valence-corrected chi connectivity index (χ0v) is 12.4. The van der Waals surface area contributed by atoms with E-state index in [0.717, 1.165) is 38.0 Å². The van der Waals surface area contributed by atoms with Crippen LogP contribution in [0.3, 0.4) is 0 Å². The molecule has 3 heterocycles. The second-order valence-electron chi connectivity index (χ2n) is 5.51. The Balaban J connectivity index is 1.54. The lowest BCUT2D eigenvalue weighted by Crippen LogP contribution is -2.46. The molecule has 1 saturated heterocycles. The van der Waals surface area contributed by atoms with Crippen LogP contribution in [0.4, 0.5) is 5.95 Å². The van der Waals surface area contributed by atoms with E-state index in [0.29, 0.717) is 18.4 Å². The van der Waals surface area contributed by atoms with Crippen LogP contribution in [0.1, 0.15) is 31.5 Å². The highest BCUT2D eigenvalue weighted by Gasteiger charge is 2.20. The molecule has 2 aromatic heterocycles. The Kier molecular flexibility index (Phi) is 4.10. The molecule has 2 aromatic rings. The number of rotatable bonds is 4. The van der Waals surface area contributed by atoms with Crippen molar-refractivity contribution < 1.29 is 4.52 Å². The smallest absolute Gasteiger partial charge is 0.240 e. The monoisotopic (exact) mass is 288 g/mol. The minimum Gasteiger partial charge on any atom is -0.338 e. The zero-order chi connectivity index (χ0) is 14.7. The van der Waals surface area contributed by atoms with Gasteiger partial charge in [0.05, 0.1) is 6.54 Å². The Bertz CT molecular complexity index is 562. The Hall–Kier alpha value is -2.02. The second kappa shape index (κ2) is 6.17. The number of hydrogen-bond donors (Lipinski definition) is 0. The van der Waals surface area contributed by atoms with E-state index in [2.05, 4.69) is 43.8 Å². The highest BCUT2D eigenvalue weighted by atomic mass is 16.5. The molecule has 3 rings (SSSR count). The summed E-state index contributed by atoms with van der Waals surface area (Å²) in [5.41, 5.74) is 0. The van der Waals surface area contributed by atoms with Crippen molar-refractivity contribution in [3.05, 3.63) is 30.2 Å². The highest BCUT2D eigenvalue weighted by Crippen LogP contribution is 2.14. The molecule has 1 fully saturated rings. The molecule has 0 bridgehead atoms. The predicted molar refractivity (Wildman–Crippen MR) is 77.9 cm³/mol. The van der Waals surface area contributed by atoms with Gasteiger partial charge in [0.15, 0.2) is 5.82 Å². The maximum atomic E-state index is 5.30. The van der Waals surface area contributed by atoms with Crippen molar-refractivity contribution in [2.45, 2.75) is 26.3 Å². The Labute approximate surface area is 124 Å². The molecule has 1 aliphatic heterocycles. The largest absolute Gasteiger partial charge is 0.338 e. The van der Waals surface area contributed by atoms with Gasteiger partial charge in [-0.25, -0.2) is 9.97 Å². The molecule has 0 aromatic carbocycles. The van der Waals surface area contributed by atoms with E-state index in [4.69, 9.17) is 4.52 Å². The van der Waals surface area contributed by atoms with Crippen LogP contribution in [0.15, 0.2) is 23.0 Å². The summed E-state index contributed by atoms with van der Waals surface area (Å²) >= 11 is 0. The average Bonchev–Trinajstić information content (AvgIpc) is 2.98. The molecule has 0 aliphatic carbocycles. The first-order valence-electron chi connectivity index (χ1n) is 7.29. The minimum absolute atomic E-state index is 0.301. The van der Waals surface area contributed by atoms with Gasteiger partial charge in [-0.05, 0) is 6.07 Å². The summed E-state index contributed by atoms with van der Waals surface area (Å²) in [5, 5.41) is 4.00. The molecule has 0 amide bonds. The van der Waals surface area contributed by atoms with Gasteiger partial charge >= 0.3 is 0 Å². The van der Waals surface area contributed by atoms with Gasteiger partial charge in [-0.3, -0.25) is 4.90 Å². The normalized spacial score (nSPS) is 16.6. The average molecular weight is 288 g/mol. The SMILES string of the molecule is CC(C)c1noc(CN2CCN(c3ncccn3)CC2)n1. The van der Waals surface area contributed by atoms with Gasteiger partial charge in [0, 0.05) is 44.5 Å². The van der Waals surface area contributed by atoms with Crippen molar-refractivity contribution in [2.75, 3.05) is 31.1 Å². The molecule has 7 nitrogen and oxygen atoms in total. The van der Waals surface area contributed by atoms with E-state index >= 15 is 0 Å². The molecule has 112 valence electrons. The molecule has 1 aliphatic rings. The number of anilines is 1. The number of aromatic nitrogens is 4. The lowest BCUT2D eigenvalue weighted by molar-refractivity contribution is 0.214. The first-order chi connectivity index (χ1) is 10.2. The fraction of sp³-hybridized carbons (Fsp3) is 0.571. The summed E-state index contributed by atoms with van der Waals surface area (Å²) < 4.78 is 5.30. The van der Waals surface area contributed by atoms with E-state index in [1.165, 1.54) is 0 Å². The van der Waals surface area contributed by atoms with E-state index in [-0.39, 0.29) is 0 Å². The van der Waals surface area contributed by atoms with E-state index in [9.17, 15) is 0 Å². The molecule has 0 atom stereocenters. The Morgan fingerprint density at radius 1 is 1.14 bits per heavy atom. The topological polar surface area (TPSA) is 71.2 Å². The van der Waals surface area contributed by atoms with Gasteiger partial charge in [-0.15, -0.1) is 0 Å². The molecule has 0 N–H and O–H groups in total. The minimum atomic E-state index is 0.301. The van der Waals surface area contributed by atoms with Gasteiger partial charge in [0.2, 0.25) is 11.8 Å². The van der Waals surface area contributed by atoms with Gasteiger partial charge in [-0.1, -0.05) is 19.0 Å². The first kappa shape index (κ1) is 13.9. The van der Waals surface area contributed by atoms with Crippen LogP contribution in [-0.4, -0.2) is 51.2 Å². The Morgan fingerprint density at radius 3 is 2.48 bits per heavy atom. The van der Waals surface area contributed by atoms with Crippen LogP contribution in [0, 0.1) is 0 Å². The predicted octanol–water partition coefficient (Wildman–Crippen LogP) is 1.31. The molecular formula is C14H20N6O. The molecule has 21 heavy (non-hydrogen) atoms. The maximum Gasteiger partial charge on any atom is 0.240 e. The number of nitrogens with zero attached hydrogens (tertiary/aromatic N) is 6. The third-order valence-electron chi connectivity index (χ3n) is 3.57. The molecule has 0 spiro atoms. The van der Waals surface area contributed by atoms with Crippen molar-refractivity contribution in [3.63, 3.8) is 0 Å². The summed E-state index contributed by atoms with van der Waals surface area (Å²) in [4.78, 5) is 17.5. The number of hydrogen-bond acceptors (Lipinski definition) is 7. The van der Waals surface area contributed by atoms with Crippen LogP contribution >= 0.6 is 0 Å². The summed E-state index contributed by atoms with van der Waals surface area (Å²) in [6, 6.07) is 1.83. The van der Waals surface area contributed by atoms with Gasteiger partial charge in [-0.2, -0.15) is 4.98 Å². The number of piperazine rings is 1. The van der Waals surface area contributed by atoms with Gasteiger partial charge in [0.1, 0.15) is 0 Å². The summed E-state index contributed by atoms with van der Waals surface area (Å²) in [6.07, 6.45) is 3.56. The lowest BCUT2D eigenvalue weighted by atomic mass is 10.2. The zero-order valence-electron chi connectivity index (χ0n) is 12.4. The fourth-order valence-corrected chi connectivity index (χ4v) is 2.32. The van der Waals surface area contributed by atoms with Gasteiger partial charge < -0.3 is 9.42 Å². The lowest BCUT2D eigenvalue weighted by Gasteiger charge is -2.33. The first-order valence-corrected chi connectivity index (χ1v) is 7.29. The molecule has 7 heteroatoms. The highest BCUT2D eigenvalue weighted by molar-refractivity contribution is 5.29. The molecular weight excluding hydrogens is 268 g/mol. The molecule has 0 unspecified atom stereocenters. The summed E-state index contributed by atoms with van der Waals surface area (Å²) in [5.74, 6) is 2.58. The van der Waals surface area contributed by atoms with E-state index < -0.39 is 0 Å². The van der Waals surface area contributed by atoms with Crippen LogP contribution in [-0.2, 0) is 6.54 Å². The van der Waals surface area contributed by atoms with Crippen LogP contribution in [0.5, 0.6) is 0 Å². The van der Waals surface area contributed by atoms with Crippen LogP contribution in [0.25, 0.3) is 0 Å². The summed E-state index contributed by atoms with van der Waals surface area (Å²) in [7, 11) is 0. The van der Waals surface area contributed by atoms with Crippen LogP contribution < -0.4 is 4.90 Å². The van der Waals surface area contributed by atoms with E-state index in [1.54, 1.807) is 12.4 Å².